The number of para-hydroxylation sites is 1. The maximum Gasteiger partial charge on any atom is 0.410 e. The van der Waals surface area contributed by atoms with Gasteiger partial charge in [-0.25, -0.2) is 10.3 Å². The zero-order valence-electron chi connectivity index (χ0n) is 20.2. The Labute approximate surface area is 210 Å². The summed E-state index contributed by atoms with van der Waals surface area (Å²) in [4.78, 5) is 44.5. The molecule has 3 unspecified atom stereocenters. The van der Waals surface area contributed by atoms with Crippen LogP contribution in [0.3, 0.4) is 0 Å². The number of hydroxylamine groups is 1. The molecule has 0 spiro atoms. The molecule has 1 saturated heterocycles. The molecule has 2 N–H and O–H groups in total. The molecule has 1 saturated carbocycles. The third-order valence-electron chi connectivity index (χ3n) is 7.65. The van der Waals surface area contributed by atoms with Gasteiger partial charge in [-0.1, -0.05) is 42.5 Å². The van der Waals surface area contributed by atoms with Crippen molar-refractivity contribution in [1.82, 2.24) is 15.3 Å². The molecule has 2 aromatic carbocycles. The number of fused-ring (bicyclic) bond motifs is 1. The maximum atomic E-state index is 13.4. The van der Waals surface area contributed by atoms with Gasteiger partial charge in [0.1, 0.15) is 6.10 Å². The SMILES string of the molecule is O=C(NO)C1CC(OC(=O)N2Cc3ccccc3C2)CCC1C(=O)N1CCN(c2ccccc2)CC1. The van der Waals surface area contributed by atoms with Gasteiger partial charge in [-0.15, -0.1) is 0 Å². The topological polar surface area (TPSA) is 102 Å². The van der Waals surface area contributed by atoms with Gasteiger partial charge in [0.05, 0.1) is 11.8 Å². The number of piperazine rings is 1. The predicted molar refractivity (Wildman–Crippen MR) is 132 cm³/mol. The molecule has 0 aromatic heterocycles. The van der Waals surface area contributed by atoms with Crippen LogP contribution in [-0.4, -0.2) is 65.2 Å². The van der Waals surface area contributed by atoms with Crippen molar-refractivity contribution in [3.05, 3.63) is 65.7 Å². The Balaban J connectivity index is 1.18. The van der Waals surface area contributed by atoms with E-state index in [2.05, 4.69) is 17.0 Å². The third-order valence-corrected chi connectivity index (χ3v) is 7.65. The van der Waals surface area contributed by atoms with E-state index in [9.17, 15) is 19.6 Å². The van der Waals surface area contributed by atoms with E-state index in [0.29, 0.717) is 39.0 Å². The minimum Gasteiger partial charge on any atom is -0.446 e. The number of nitrogens with one attached hydrogen (secondary N) is 1. The lowest BCUT2D eigenvalue weighted by Crippen LogP contribution is -2.53. The van der Waals surface area contributed by atoms with Crippen LogP contribution in [0.4, 0.5) is 10.5 Å². The molecule has 190 valence electrons. The summed E-state index contributed by atoms with van der Waals surface area (Å²) >= 11 is 0. The van der Waals surface area contributed by atoms with Crippen LogP contribution in [0.2, 0.25) is 0 Å². The summed E-state index contributed by atoms with van der Waals surface area (Å²) in [5, 5.41) is 9.35. The molecule has 2 aliphatic heterocycles. The molecule has 5 rings (SSSR count). The van der Waals surface area contributed by atoms with Gasteiger partial charge in [0, 0.05) is 45.0 Å². The summed E-state index contributed by atoms with van der Waals surface area (Å²) in [5.41, 5.74) is 5.06. The first kappa shape index (κ1) is 24.1. The predicted octanol–water partition coefficient (Wildman–Crippen LogP) is 2.78. The molecule has 2 fully saturated rings. The van der Waals surface area contributed by atoms with Crippen molar-refractivity contribution in [2.45, 2.75) is 38.5 Å². The molecule has 1 aliphatic carbocycles. The zero-order valence-corrected chi connectivity index (χ0v) is 20.2. The van der Waals surface area contributed by atoms with Crippen LogP contribution >= 0.6 is 0 Å². The Kier molecular flexibility index (Phi) is 7.09. The molecule has 9 heteroatoms. The second kappa shape index (κ2) is 10.6. The first-order chi connectivity index (χ1) is 17.5. The highest BCUT2D eigenvalue weighted by Gasteiger charge is 2.43. The van der Waals surface area contributed by atoms with Crippen LogP contribution in [0.15, 0.2) is 54.6 Å². The highest BCUT2D eigenvalue weighted by Crippen LogP contribution is 2.35. The number of benzene rings is 2. The fourth-order valence-corrected chi connectivity index (χ4v) is 5.64. The number of hydrogen-bond donors (Lipinski definition) is 2. The fourth-order valence-electron chi connectivity index (χ4n) is 5.64. The molecular formula is C27H32N4O5. The van der Waals surface area contributed by atoms with Gasteiger partial charge >= 0.3 is 6.09 Å². The van der Waals surface area contributed by atoms with E-state index in [1.54, 1.807) is 10.4 Å². The molecule has 3 aliphatic rings. The number of amides is 3. The van der Waals surface area contributed by atoms with Crippen molar-refractivity contribution in [2.75, 3.05) is 31.1 Å². The molecule has 36 heavy (non-hydrogen) atoms. The highest BCUT2D eigenvalue weighted by atomic mass is 16.6. The van der Waals surface area contributed by atoms with Crippen molar-refractivity contribution < 1.29 is 24.3 Å². The van der Waals surface area contributed by atoms with Crippen LogP contribution < -0.4 is 10.4 Å². The van der Waals surface area contributed by atoms with E-state index in [-0.39, 0.29) is 12.3 Å². The van der Waals surface area contributed by atoms with E-state index < -0.39 is 29.9 Å². The highest BCUT2D eigenvalue weighted by molar-refractivity contribution is 5.87. The summed E-state index contributed by atoms with van der Waals surface area (Å²) in [6.07, 6.45) is 0.235. The number of hydrogen-bond acceptors (Lipinski definition) is 6. The van der Waals surface area contributed by atoms with Crippen LogP contribution in [0, 0.1) is 11.8 Å². The Hall–Kier alpha value is -3.59. The van der Waals surface area contributed by atoms with E-state index >= 15 is 0 Å². The summed E-state index contributed by atoms with van der Waals surface area (Å²) in [6, 6.07) is 18.0. The zero-order chi connectivity index (χ0) is 25.1. The monoisotopic (exact) mass is 492 g/mol. The molecular weight excluding hydrogens is 460 g/mol. The number of nitrogens with zero attached hydrogens (tertiary/aromatic N) is 3. The minimum absolute atomic E-state index is 0.0731. The van der Waals surface area contributed by atoms with Crippen molar-refractivity contribution >= 4 is 23.6 Å². The number of carbonyl (C=O) groups is 3. The Morgan fingerprint density at radius 1 is 0.806 bits per heavy atom. The van der Waals surface area contributed by atoms with E-state index in [0.717, 1.165) is 29.9 Å². The molecule has 9 nitrogen and oxygen atoms in total. The van der Waals surface area contributed by atoms with Crippen molar-refractivity contribution in [1.29, 1.82) is 0 Å². The van der Waals surface area contributed by atoms with Gasteiger partial charge in [0.25, 0.3) is 0 Å². The Morgan fingerprint density at radius 2 is 1.44 bits per heavy atom. The average molecular weight is 493 g/mol. The van der Waals surface area contributed by atoms with Gasteiger partial charge in [0.15, 0.2) is 0 Å². The first-order valence-corrected chi connectivity index (χ1v) is 12.6. The van der Waals surface area contributed by atoms with Gasteiger partial charge in [-0.3, -0.25) is 19.7 Å². The molecule has 0 bridgehead atoms. The molecule has 2 heterocycles. The molecule has 3 atom stereocenters. The van der Waals surface area contributed by atoms with Crippen LogP contribution in [0.25, 0.3) is 0 Å². The van der Waals surface area contributed by atoms with Crippen molar-refractivity contribution in [2.24, 2.45) is 11.8 Å². The van der Waals surface area contributed by atoms with E-state index in [4.69, 9.17) is 4.74 Å². The van der Waals surface area contributed by atoms with Crippen molar-refractivity contribution in [3.63, 3.8) is 0 Å². The maximum absolute atomic E-state index is 13.4. The molecule has 0 radical (unpaired) electrons. The second-order valence-electron chi connectivity index (χ2n) is 9.78. The summed E-state index contributed by atoms with van der Waals surface area (Å²) in [5.74, 6) is -1.98. The number of rotatable bonds is 4. The quantitative estimate of drug-likeness (QED) is 0.503. The smallest absolute Gasteiger partial charge is 0.410 e. The largest absolute Gasteiger partial charge is 0.446 e. The Morgan fingerprint density at radius 3 is 2.08 bits per heavy atom. The summed E-state index contributed by atoms with van der Waals surface area (Å²) in [7, 11) is 0. The van der Waals surface area contributed by atoms with Gasteiger partial charge in [0.2, 0.25) is 11.8 Å². The van der Waals surface area contributed by atoms with Gasteiger partial charge in [-0.05, 0) is 42.5 Å². The lowest BCUT2D eigenvalue weighted by Gasteiger charge is -2.40. The van der Waals surface area contributed by atoms with Crippen LogP contribution in [-0.2, 0) is 27.4 Å². The van der Waals surface area contributed by atoms with E-state index in [1.165, 1.54) is 0 Å². The normalized spacial score (nSPS) is 23.7. The molecule has 3 amide bonds. The van der Waals surface area contributed by atoms with E-state index in [1.807, 2.05) is 47.4 Å². The van der Waals surface area contributed by atoms with Gasteiger partial charge in [-0.2, -0.15) is 0 Å². The lowest BCUT2D eigenvalue weighted by molar-refractivity contribution is -0.149. The summed E-state index contributed by atoms with van der Waals surface area (Å²) in [6.45, 7) is 3.59. The fraction of sp³-hybridized carbons (Fsp3) is 0.444. The first-order valence-electron chi connectivity index (χ1n) is 12.6. The third kappa shape index (κ3) is 5.02. The molecule has 2 aromatic rings. The Bertz CT molecular complexity index is 1080. The number of ether oxygens (including phenoxy) is 1. The van der Waals surface area contributed by atoms with Crippen LogP contribution in [0.5, 0.6) is 0 Å². The standard InChI is InChI=1S/C27H32N4O5/c32-25(28-35)24-16-22(36-27(34)31-17-19-6-4-5-7-20(19)18-31)10-11-23(24)26(33)30-14-12-29(13-15-30)21-8-2-1-3-9-21/h1-9,22-24,35H,10-18H2,(H,28,32). The van der Waals surface area contributed by atoms with Crippen LogP contribution in [0.1, 0.15) is 30.4 Å². The average Bonchev–Trinajstić information content (AvgIpc) is 3.37. The van der Waals surface area contributed by atoms with Gasteiger partial charge < -0.3 is 14.5 Å². The minimum atomic E-state index is -0.753. The lowest BCUT2D eigenvalue weighted by atomic mass is 9.76. The number of anilines is 1. The second-order valence-corrected chi connectivity index (χ2v) is 9.78. The van der Waals surface area contributed by atoms with Crippen molar-refractivity contribution in [3.8, 4) is 0 Å². The summed E-state index contributed by atoms with van der Waals surface area (Å²) < 4.78 is 5.76. The number of carbonyl (C=O) groups excluding carboxylic acids is 3.